The van der Waals surface area contributed by atoms with Crippen LogP contribution >= 0.6 is 12.4 Å². The lowest BCUT2D eigenvalue weighted by atomic mass is 10.2. The van der Waals surface area contributed by atoms with E-state index < -0.39 is 10.0 Å². The third-order valence-electron chi connectivity index (χ3n) is 3.20. The topological polar surface area (TPSA) is 87.2 Å². The van der Waals surface area contributed by atoms with Crippen LogP contribution in [0.5, 0.6) is 0 Å². The van der Waals surface area contributed by atoms with Crippen molar-refractivity contribution in [3.05, 3.63) is 65.7 Å². The Bertz CT molecular complexity index is 756. The molecule has 0 saturated heterocycles. The molecule has 2 rings (SSSR count). The van der Waals surface area contributed by atoms with Crippen molar-refractivity contribution >= 4 is 22.4 Å². The summed E-state index contributed by atoms with van der Waals surface area (Å²) in [4.78, 5) is 0.163. The SMILES string of the molecule is Cl.N#Cc1ccc(S(=O)(=O)N(CCN)Cc2ccccc2)cc1. The lowest BCUT2D eigenvalue weighted by molar-refractivity contribution is 0.414. The summed E-state index contributed by atoms with van der Waals surface area (Å²) in [6.07, 6.45) is 0. The summed E-state index contributed by atoms with van der Waals surface area (Å²) in [5.41, 5.74) is 6.87. The fourth-order valence-corrected chi connectivity index (χ4v) is 3.51. The first kappa shape index (κ1) is 19.1. The molecule has 2 aromatic carbocycles. The maximum absolute atomic E-state index is 12.7. The van der Waals surface area contributed by atoms with Crippen molar-refractivity contribution in [1.82, 2.24) is 4.31 Å². The highest BCUT2D eigenvalue weighted by molar-refractivity contribution is 7.89. The van der Waals surface area contributed by atoms with E-state index in [1.54, 1.807) is 0 Å². The molecule has 0 atom stereocenters. The van der Waals surface area contributed by atoms with Crippen LogP contribution in [0.1, 0.15) is 11.1 Å². The first-order valence-corrected chi connectivity index (χ1v) is 8.26. The molecule has 0 saturated carbocycles. The van der Waals surface area contributed by atoms with Crippen LogP contribution in [0.25, 0.3) is 0 Å². The second-order valence-corrected chi connectivity index (χ2v) is 6.69. The minimum Gasteiger partial charge on any atom is -0.329 e. The number of rotatable bonds is 6. The van der Waals surface area contributed by atoms with Gasteiger partial charge in [0.2, 0.25) is 10.0 Å². The molecule has 0 heterocycles. The number of hydrogen-bond donors (Lipinski definition) is 1. The Morgan fingerprint density at radius 2 is 1.65 bits per heavy atom. The minimum atomic E-state index is -3.64. The first-order chi connectivity index (χ1) is 10.6. The molecule has 0 fully saturated rings. The first-order valence-electron chi connectivity index (χ1n) is 6.82. The molecule has 0 spiro atoms. The summed E-state index contributed by atoms with van der Waals surface area (Å²) in [5, 5.41) is 8.79. The van der Waals surface area contributed by atoms with Crippen LogP contribution in [0.3, 0.4) is 0 Å². The quantitative estimate of drug-likeness (QED) is 0.863. The molecule has 0 radical (unpaired) electrons. The normalized spacial score (nSPS) is 10.8. The Labute approximate surface area is 142 Å². The molecule has 2 aromatic rings. The van der Waals surface area contributed by atoms with E-state index in [9.17, 15) is 8.42 Å². The van der Waals surface area contributed by atoms with Gasteiger partial charge < -0.3 is 5.73 Å². The van der Waals surface area contributed by atoms with Crippen LogP contribution in [-0.4, -0.2) is 25.8 Å². The highest BCUT2D eigenvalue weighted by Gasteiger charge is 2.23. The van der Waals surface area contributed by atoms with E-state index in [0.717, 1.165) is 5.56 Å². The van der Waals surface area contributed by atoms with E-state index in [2.05, 4.69) is 0 Å². The van der Waals surface area contributed by atoms with E-state index in [-0.39, 0.29) is 36.9 Å². The molecule has 2 N–H and O–H groups in total. The molecule has 5 nitrogen and oxygen atoms in total. The van der Waals surface area contributed by atoms with E-state index in [4.69, 9.17) is 11.0 Å². The molecule has 0 aliphatic rings. The van der Waals surface area contributed by atoms with Crippen molar-refractivity contribution in [2.75, 3.05) is 13.1 Å². The van der Waals surface area contributed by atoms with Crippen LogP contribution in [0.15, 0.2) is 59.5 Å². The van der Waals surface area contributed by atoms with Gasteiger partial charge >= 0.3 is 0 Å². The maximum Gasteiger partial charge on any atom is 0.243 e. The molecule has 0 aliphatic carbocycles. The zero-order valence-electron chi connectivity index (χ0n) is 12.4. The average molecular weight is 352 g/mol. The van der Waals surface area contributed by atoms with E-state index in [1.807, 2.05) is 36.4 Å². The van der Waals surface area contributed by atoms with Crippen LogP contribution < -0.4 is 5.73 Å². The predicted octanol–water partition coefficient (Wildman–Crippen LogP) is 2.13. The lowest BCUT2D eigenvalue weighted by Gasteiger charge is -2.21. The standard InChI is InChI=1S/C16H17N3O2S.ClH/c17-10-11-19(13-15-4-2-1-3-5-15)22(20,21)16-8-6-14(12-18)7-9-16;/h1-9H,10-11,13,17H2;1H. The Hall–Kier alpha value is -1.91. The van der Waals surface area contributed by atoms with Gasteiger partial charge in [0, 0.05) is 19.6 Å². The second-order valence-electron chi connectivity index (χ2n) is 4.75. The zero-order valence-corrected chi connectivity index (χ0v) is 14.1. The van der Waals surface area contributed by atoms with Crippen molar-refractivity contribution in [3.63, 3.8) is 0 Å². The molecule has 0 unspecified atom stereocenters. The molecule has 0 aliphatic heterocycles. The minimum absolute atomic E-state index is 0. The van der Waals surface area contributed by atoms with Gasteiger partial charge in [0.05, 0.1) is 16.5 Å². The van der Waals surface area contributed by atoms with Crippen LogP contribution in [0, 0.1) is 11.3 Å². The molecular weight excluding hydrogens is 334 g/mol. The Morgan fingerprint density at radius 1 is 1.04 bits per heavy atom. The van der Waals surface area contributed by atoms with E-state index >= 15 is 0 Å². The van der Waals surface area contributed by atoms with Gasteiger partial charge in [-0.3, -0.25) is 0 Å². The molecule has 0 amide bonds. The fraction of sp³-hybridized carbons (Fsp3) is 0.188. The van der Waals surface area contributed by atoms with E-state index in [0.29, 0.717) is 5.56 Å². The van der Waals surface area contributed by atoms with Crippen molar-refractivity contribution < 1.29 is 8.42 Å². The Morgan fingerprint density at radius 3 is 2.17 bits per heavy atom. The molecule has 122 valence electrons. The number of nitrogens with two attached hydrogens (primary N) is 1. The fourth-order valence-electron chi connectivity index (χ4n) is 2.07. The number of sulfonamides is 1. The Kier molecular flexibility index (Phi) is 7.20. The third kappa shape index (κ3) is 4.78. The van der Waals surface area contributed by atoms with Crippen LogP contribution in [0.2, 0.25) is 0 Å². The van der Waals surface area contributed by atoms with Gasteiger partial charge in [0.15, 0.2) is 0 Å². The molecule has 7 heteroatoms. The summed E-state index contributed by atoms with van der Waals surface area (Å²) >= 11 is 0. The predicted molar refractivity (Wildman–Crippen MR) is 91.5 cm³/mol. The molecule has 0 bridgehead atoms. The highest BCUT2D eigenvalue weighted by atomic mass is 35.5. The number of halogens is 1. The Balaban J connectivity index is 0.00000264. The van der Waals surface area contributed by atoms with Crippen LogP contribution in [-0.2, 0) is 16.6 Å². The summed E-state index contributed by atoms with van der Waals surface area (Å²) in [6, 6.07) is 17.2. The van der Waals surface area contributed by atoms with Gasteiger partial charge in [0.25, 0.3) is 0 Å². The van der Waals surface area contributed by atoms with Crippen molar-refractivity contribution in [1.29, 1.82) is 5.26 Å². The van der Waals surface area contributed by atoms with Crippen molar-refractivity contribution in [2.24, 2.45) is 5.73 Å². The second kappa shape index (κ2) is 8.65. The largest absolute Gasteiger partial charge is 0.329 e. The van der Waals surface area contributed by atoms with Gasteiger partial charge in [-0.25, -0.2) is 8.42 Å². The summed E-state index contributed by atoms with van der Waals surface area (Å²) in [5.74, 6) is 0. The van der Waals surface area contributed by atoms with Gasteiger partial charge in [-0.05, 0) is 29.8 Å². The highest BCUT2D eigenvalue weighted by Crippen LogP contribution is 2.18. The average Bonchev–Trinajstić information content (AvgIpc) is 2.55. The summed E-state index contributed by atoms with van der Waals surface area (Å²) in [6.45, 7) is 0.736. The number of nitriles is 1. The maximum atomic E-state index is 12.7. The van der Waals surface area contributed by atoms with Gasteiger partial charge in [-0.1, -0.05) is 30.3 Å². The summed E-state index contributed by atoms with van der Waals surface area (Å²) < 4.78 is 26.8. The van der Waals surface area contributed by atoms with Gasteiger partial charge in [-0.15, -0.1) is 12.4 Å². The van der Waals surface area contributed by atoms with Crippen molar-refractivity contribution in [3.8, 4) is 6.07 Å². The third-order valence-corrected chi connectivity index (χ3v) is 5.06. The molecule has 23 heavy (non-hydrogen) atoms. The lowest BCUT2D eigenvalue weighted by Crippen LogP contribution is -2.34. The number of hydrogen-bond acceptors (Lipinski definition) is 4. The van der Waals surface area contributed by atoms with Crippen molar-refractivity contribution in [2.45, 2.75) is 11.4 Å². The number of nitrogens with zero attached hydrogens (tertiary/aromatic N) is 2. The van der Waals surface area contributed by atoms with E-state index in [1.165, 1.54) is 28.6 Å². The molecular formula is C16H18ClN3O2S. The van der Waals surface area contributed by atoms with Crippen LogP contribution in [0.4, 0.5) is 0 Å². The summed E-state index contributed by atoms with van der Waals surface area (Å²) in [7, 11) is -3.64. The molecule has 0 aromatic heterocycles. The zero-order chi connectivity index (χ0) is 16.0. The van der Waals surface area contributed by atoms with Gasteiger partial charge in [-0.2, -0.15) is 9.57 Å². The number of benzene rings is 2. The monoisotopic (exact) mass is 351 g/mol. The smallest absolute Gasteiger partial charge is 0.243 e. The van der Waals surface area contributed by atoms with Gasteiger partial charge in [0.1, 0.15) is 0 Å².